The van der Waals surface area contributed by atoms with Gasteiger partial charge in [-0.05, 0) is 55.3 Å². The summed E-state index contributed by atoms with van der Waals surface area (Å²) in [5.74, 6) is 0.136. The van der Waals surface area contributed by atoms with Gasteiger partial charge in [0.2, 0.25) is 0 Å². The molecule has 0 unspecified atom stereocenters. The highest BCUT2D eigenvalue weighted by Gasteiger charge is 2.33. The van der Waals surface area contributed by atoms with E-state index in [1.165, 1.54) is 11.3 Å². The first kappa shape index (κ1) is 22.0. The van der Waals surface area contributed by atoms with Gasteiger partial charge in [-0.3, -0.25) is 9.36 Å². The fourth-order valence-electron chi connectivity index (χ4n) is 3.63. The van der Waals surface area contributed by atoms with Crippen molar-refractivity contribution in [2.45, 2.75) is 19.9 Å². The number of rotatable bonds is 5. The lowest BCUT2D eigenvalue weighted by Crippen LogP contribution is -2.39. The van der Waals surface area contributed by atoms with Crippen LogP contribution in [0.3, 0.4) is 0 Å². The fraction of sp³-hybridized carbons (Fsp3) is 0.208. The lowest BCUT2D eigenvalue weighted by Gasteiger charge is -2.25. The maximum Gasteiger partial charge on any atom is 0.338 e. The van der Waals surface area contributed by atoms with Crippen LogP contribution in [0.1, 0.15) is 31.0 Å². The van der Waals surface area contributed by atoms with E-state index in [0.717, 1.165) is 11.1 Å². The highest BCUT2D eigenvalue weighted by Crippen LogP contribution is 2.32. The van der Waals surface area contributed by atoms with E-state index in [-0.39, 0.29) is 12.2 Å². The number of carbonyl (C=O) groups excluding carboxylic acids is 1. The van der Waals surface area contributed by atoms with Gasteiger partial charge in [0, 0.05) is 5.02 Å². The molecule has 0 N–H and O–H groups in total. The summed E-state index contributed by atoms with van der Waals surface area (Å²) in [4.78, 5) is 31.5. The van der Waals surface area contributed by atoms with E-state index in [4.69, 9.17) is 21.1 Å². The van der Waals surface area contributed by atoms with Crippen molar-refractivity contribution in [2.24, 2.45) is 4.99 Å². The van der Waals surface area contributed by atoms with E-state index in [1.807, 2.05) is 36.4 Å². The minimum absolute atomic E-state index is 0.224. The molecule has 164 valence electrons. The van der Waals surface area contributed by atoms with Crippen LogP contribution in [0, 0.1) is 0 Å². The zero-order chi connectivity index (χ0) is 22.8. The average molecular weight is 469 g/mol. The van der Waals surface area contributed by atoms with Crippen LogP contribution in [-0.2, 0) is 9.53 Å². The van der Waals surface area contributed by atoms with Crippen molar-refractivity contribution in [1.29, 1.82) is 0 Å². The molecular formula is C24H21ClN2O4S. The van der Waals surface area contributed by atoms with E-state index in [1.54, 1.807) is 43.7 Å². The summed E-state index contributed by atoms with van der Waals surface area (Å²) in [7, 11) is 1.57. The third-order valence-electron chi connectivity index (χ3n) is 5.09. The molecule has 3 aromatic rings. The second-order valence-electron chi connectivity index (χ2n) is 7.13. The van der Waals surface area contributed by atoms with Gasteiger partial charge in [0.05, 0.1) is 35.6 Å². The van der Waals surface area contributed by atoms with Crippen LogP contribution in [0.2, 0.25) is 5.02 Å². The molecule has 1 atom stereocenters. The predicted octanol–water partition coefficient (Wildman–Crippen LogP) is 3.46. The molecule has 1 aliphatic heterocycles. The van der Waals surface area contributed by atoms with Crippen molar-refractivity contribution < 1.29 is 14.3 Å². The molecule has 2 heterocycles. The Hall–Kier alpha value is -3.16. The second kappa shape index (κ2) is 9.14. The topological polar surface area (TPSA) is 69.9 Å². The van der Waals surface area contributed by atoms with Crippen molar-refractivity contribution in [3.63, 3.8) is 0 Å². The number of thiazole rings is 1. The molecule has 1 aromatic heterocycles. The maximum absolute atomic E-state index is 13.5. The maximum atomic E-state index is 13.5. The summed E-state index contributed by atoms with van der Waals surface area (Å²) in [6.07, 6.45) is 1.80. The van der Waals surface area contributed by atoms with Crippen molar-refractivity contribution >= 4 is 35.0 Å². The SMILES string of the molecule is CCOC(=O)C1=C(C)N=c2s/c(=C\c3ccc(Cl)cc3)c(=O)n2[C@@H]1c1cccc(OC)c1. The van der Waals surface area contributed by atoms with E-state index in [9.17, 15) is 9.59 Å². The Balaban J connectivity index is 1.96. The monoisotopic (exact) mass is 468 g/mol. The van der Waals surface area contributed by atoms with E-state index in [0.29, 0.717) is 31.4 Å². The van der Waals surface area contributed by atoms with E-state index in [2.05, 4.69) is 4.99 Å². The Labute approximate surface area is 193 Å². The first-order valence-corrected chi connectivity index (χ1v) is 11.2. The highest BCUT2D eigenvalue weighted by molar-refractivity contribution is 7.07. The molecule has 1 aliphatic rings. The van der Waals surface area contributed by atoms with Crippen LogP contribution < -0.4 is 19.6 Å². The number of ether oxygens (including phenoxy) is 2. The summed E-state index contributed by atoms with van der Waals surface area (Å²) in [6.45, 7) is 3.73. The molecule has 0 spiro atoms. The van der Waals surface area contributed by atoms with Gasteiger partial charge in [0.15, 0.2) is 4.80 Å². The quantitative estimate of drug-likeness (QED) is 0.538. The number of benzene rings is 2. The third kappa shape index (κ3) is 4.13. The van der Waals surface area contributed by atoms with Gasteiger partial charge in [-0.1, -0.05) is 47.2 Å². The van der Waals surface area contributed by atoms with E-state index >= 15 is 0 Å². The number of allylic oxidation sites excluding steroid dienone is 1. The predicted molar refractivity (Wildman–Crippen MR) is 125 cm³/mol. The Morgan fingerprint density at radius 1 is 1.25 bits per heavy atom. The van der Waals surface area contributed by atoms with Gasteiger partial charge in [-0.2, -0.15) is 0 Å². The van der Waals surface area contributed by atoms with Crippen molar-refractivity contribution in [2.75, 3.05) is 13.7 Å². The Morgan fingerprint density at radius 3 is 2.69 bits per heavy atom. The van der Waals surface area contributed by atoms with Gasteiger partial charge in [-0.15, -0.1) is 0 Å². The smallest absolute Gasteiger partial charge is 0.338 e. The number of hydrogen-bond acceptors (Lipinski definition) is 6. The van der Waals surface area contributed by atoms with Gasteiger partial charge in [0.25, 0.3) is 5.56 Å². The molecule has 2 aromatic carbocycles. The van der Waals surface area contributed by atoms with Gasteiger partial charge in [-0.25, -0.2) is 9.79 Å². The molecule has 0 fully saturated rings. The van der Waals surface area contributed by atoms with Crippen LogP contribution in [-0.4, -0.2) is 24.3 Å². The zero-order valence-corrected chi connectivity index (χ0v) is 19.4. The summed E-state index contributed by atoms with van der Waals surface area (Å²) in [6, 6.07) is 13.9. The number of methoxy groups -OCH3 is 1. The second-order valence-corrected chi connectivity index (χ2v) is 8.58. The number of hydrogen-bond donors (Lipinski definition) is 0. The van der Waals surface area contributed by atoms with Crippen LogP contribution in [0.15, 0.2) is 69.6 Å². The Bertz CT molecular complexity index is 1390. The van der Waals surface area contributed by atoms with Crippen LogP contribution in [0.5, 0.6) is 5.75 Å². The summed E-state index contributed by atoms with van der Waals surface area (Å²) >= 11 is 7.25. The number of fused-ring (bicyclic) bond motifs is 1. The summed E-state index contributed by atoms with van der Waals surface area (Å²) < 4.78 is 12.7. The molecule has 0 saturated heterocycles. The van der Waals surface area contributed by atoms with Crippen LogP contribution in [0.4, 0.5) is 0 Å². The number of esters is 1. The summed E-state index contributed by atoms with van der Waals surface area (Å²) in [5, 5.41) is 0.622. The molecular weight excluding hydrogens is 448 g/mol. The highest BCUT2D eigenvalue weighted by atomic mass is 35.5. The number of aromatic nitrogens is 1. The average Bonchev–Trinajstić information content (AvgIpc) is 3.09. The van der Waals surface area contributed by atoms with Crippen molar-refractivity contribution in [3.05, 3.63) is 95.6 Å². The molecule has 0 saturated carbocycles. The standard InChI is InChI=1S/C24H21ClN2O4S/c1-4-31-23(29)20-14(2)26-24-27(21(20)16-6-5-7-18(13-16)30-3)22(28)19(32-24)12-15-8-10-17(25)11-9-15/h5-13,21H,4H2,1-3H3/b19-12-/t21-/m1/s1. The molecule has 0 radical (unpaired) electrons. The fourth-order valence-corrected chi connectivity index (χ4v) is 4.80. The van der Waals surface area contributed by atoms with E-state index < -0.39 is 12.0 Å². The molecule has 0 bridgehead atoms. The zero-order valence-electron chi connectivity index (χ0n) is 17.8. The molecule has 0 amide bonds. The third-order valence-corrected chi connectivity index (χ3v) is 6.33. The Morgan fingerprint density at radius 2 is 2.00 bits per heavy atom. The number of nitrogens with zero attached hydrogens (tertiary/aromatic N) is 2. The van der Waals surface area contributed by atoms with Crippen molar-refractivity contribution in [1.82, 2.24) is 4.57 Å². The number of carbonyl (C=O) groups is 1. The van der Waals surface area contributed by atoms with Crippen molar-refractivity contribution in [3.8, 4) is 5.75 Å². The summed E-state index contributed by atoms with van der Waals surface area (Å²) in [5.41, 5.74) is 2.21. The van der Waals surface area contributed by atoms with Gasteiger partial charge in [0.1, 0.15) is 5.75 Å². The van der Waals surface area contributed by atoms with Crippen LogP contribution in [0.25, 0.3) is 6.08 Å². The molecule has 4 rings (SSSR count). The van der Waals surface area contributed by atoms with Gasteiger partial charge < -0.3 is 9.47 Å². The molecule has 8 heteroatoms. The first-order valence-electron chi connectivity index (χ1n) is 10.0. The molecule has 6 nitrogen and oxygen atoms in total. The van der Waals surface area contributed by atoms with Gasteiger partial charge >= 0.3 is 5.97 Å². The largest absolute Gasteiger partial charge is 0.497 e. The number of halogens is 1. The Kier molecular flexibility index (Phi) is 6.30. The van der Waals surface area contributed by atoms with Crippen LogP contribution >= 0.6 is 22.9 Å². The molecule has 32 heavy (non-hydrogen) atoms. The lowest BCUT2D eigenvalue weighted by atomic mass is 9.95. The first-order chi connectivity index (χ1) is 15.4. The minimum atomic E-state index is -0.673. The normalized spacial score (nSPS) is 15.9. The molecule has 0 aliphatic carbocycles. The minimum Gasteiger partial charge on any atom is -0.497 e. The lowest BCUT2D eigenvalue weighted by molar-refractivity contribution is -0.139.